The van der Waals surface area contributed by atoms with Crippen LogP contribution in [0.4, 0.5) is 5.95 Å². The number of esters is 1. The van der Waals surface area contributed by atoms with Crippen molar-refractivity contribution in [2.24, 2.45) is 5.92 Å². The fourth-order valence-corrected chi connectivity index (χ4v) is 3.11. The second-order valence-corrected chi connectivity index (χ2v) is 5.47. The summed E-state index contributed by atoms with van der Waals surface area (Å²) < 4.78 is 12.4. The number of carbonyl (C=O) groups excluding carboxylic acids is 2. The lowest BCUT2D eigenvalue weighted by Gasteiger charge is -2.30. The fraction of sp³-hybridized carbons (Fsp3) is 0.235. The summed E-state index contributed by atoms with van der Waals surface area (Å²) >= 11 is 0. The number of para-hydroxylation sites is 2. The highest BCUT2D eigenvalue weighted by Crippen LogP contribution is 2.38. The molecule has 0 bridgehead atoms. The third-order valence-corrected chi connectivity index (χ3v) is 4.08. The predicted molar refractivity (Wildman–Crippen MR) is 85.3 cm³/mol. The molecule has 0 saturated heterocycles. The van der Waals surface area contributed by atoms with Crippen molar-refractivity contribution >= 4 is 28.9 Å². The van der Waals surface area contributed by atoms with Crippen molar-refractivity contribution in [3.63, 3.8) is 0 Å². The summed E-state index contributed by atoms with van der Waals surface area (Å²) in [5, 5.41) is 2.70. The number of furan rings is 1. The fourth-order valence-electron chi connectivity index (χ4n) is 3.11. The smallest absolute Gasteiger partial charge is 0.321 e. The molecule has 1 aromatic carbocycles. The molecule has 0 fully saturated rings. The molecule has 0 spiro atoms. The number of rotatable bonds is 3. The summed E-state index contributed by atoms with van der Waals surface area (Å²) in [6.07, 6.45) is 1.52. The summed E-state index contributed by atoms with van der Waals surface area (Å²) in [5.74, 6) is -1.17. The van der Waals surface area contributed by atoms with Crippen molar-refractivity contribution in [2.45, 2.75) is 13.0 Å². The number of aromatic nitrogens is 2. The Kier molecular flexibility index (Phi) is 3.34. The van der Waals surface area contributed by atoms with Gasteiger partial charge in [-0.3, -0.25) is 19.5 Å². The number of hydrogen-bond donors (Lipinski definition) is 1. The quantitative estimate of drug-likeness (QED) is 0.590. The Labute approximate surface area is 137 Å². The minimum absolute atomic E-state index is 0.199. The molecule has 24 heavy (non-hydrogen) atoms. The normalized spacial score (nSPS) is 19.8. The van der Waals surface area contributed by atoms with E-state index >= 15 is 0 Å². The molecule has 1 aliphatic rings. The van der Waals surface area contributed by atoms with Crippen molar-refractivity contribution < 1.29 is 18.7 Å². The predicted octanol–water partition coefficient (Wildman–Crippen LogP) is 2.35. The van der Waals surface area contributed by atoms with E-state index in [0.717, 1.165) is 11.0 Å². The Bertz CT molecular complexity index is 913. The number of fused-ring (bicyclic) bond motifs is 3. The van der Waals surface area contributed by atoms with Crippen LogP contribution in [0.25, 0.3) is 11.0 Å². The van der Waals surface area contributed by atoms with Gasteiger partial charge in [-0.05, 0) is 31.2 Å². The maximum atomic E-state index is 12.5. The number of carbonyl (C=O) groups is 2. The molecule has 2 aromatic heterocycles. The van der Waals surface area contributed by atoms with Crippen molar-refractivity contribution in [1.29, 1.82) is 0 Å². The molecule has 0 unspecified atom stereocenters. The number of hydrogen-bond acceptors (Lipinski definition) is 5. The number of anilines is 1. The van der Waals surface area contributed by atoms with Crippen LogP contribution in [0, 0.1) is 5.92 Å². The molecular formula is C17H15N3O4. The van der Waals surface area contributed by atoms with Crippen LogP contribution in [0.1, 0.15) is 18.7 Å². The molecule has 3 aromatic rings. The summed E-state index contributed by atoms with van der Waals surface area (Å²) in [6, 6.07) is 10.3. The first kappa shape index (κ1) is 14.5. The van der Waals surface area contributed by atoms with Gasteiger partial charge in [0.05, 0.1) is 23.9 Å². The van der Waals surface area contributed by atoms with Crippen LogP contribution < -0.4 is 5.32 Å². The lowest BCUT2D eigenvalue weighted by atomic mass is 9.94. The summed E-state index contributed by atoms with van der Waals surface area (Å²) in [5.41, 5.74) is 1.54. The van der Waals surface area contributed by atoms with Gasteiger partial charge in [-0.25, -0.2) is 4.98 Å². The first-order chi connectivity index (χ1) is 11.7. The van der Waals surface area contributed by atoms with Gasteiger partial charge in [0, 0.05) is 0 Å². The first-order valence-corrected chi connectivity index (χ1v) is 7.68. The number of nitrogens with one attached hydrogen (secondary N) is 1. The average Bonchev–Trinajstić information content (AvgIpc) is 3.21. The second kappa shape index (κ2) is 5.52. The Morgan fingerprint density at radius 1 is 1.33 bits per heavy atom. The molecule has 2 atom stereocenters. The highest BCUT2D eigenvalue weighted by atomic mass is 16.5. The van der Waals surface area contributed by atoms with Gasteiger partial charge in [-0.2, -0.15) is 0 Å². The lowest BCUT2D eigenvalue weighted by Crippen LogP contribution is -2.43. The van der Waals surface area contributed by atoms with E-state index in [-0.39, 0.29) is 6.61 Å². The molecule has 1 aliphatic heterocycles. The minimum Gasteiger partial charge on any atom is -0.467 e. The minimum atomic E-state index is -1.04. The summed E-state index contributed by atoms with van der Waals surface area (Å²) in [4.78, 5) is 29.4. The van der Waals surface area contributed by atoms with E-state index in [9.17, 15) is 9.59 Å². The Morgan fingerprint density at radius 2 is 2.17 bits per heavy atom. The van der Waals surface area contributed by atoms with Crippen LogP contribution in [0.5, 0.6) is 0 Å². The zero-order valence-electron chi connectivity index (χ0n) is 12.9. The number of ether oxygens (including phenoxy) is 1. The van der Waals surface area contributed by atoms with Gasteiger partial charge in [0.2, 0.25) is 11.9 Å². The molecule has 4 rings (SSSR count). The third kappa shape index (κ3) is 2.09. The van der Waals surface area contributed by atoms with Crippen LogP contribution >= 0.6 is 0 Å². The molecule has 1 N–H and O–H groups in total. The molecule has 7 nitrogen and oxygen atoms in total. The highest BCUT2D eigenvalue weighted by molar-refractivity contribution is 6.07. The average molecular weight is 325 g/mol. The van der Waals surface area contributed by atoms with Crippen molar-refractivity contribution in [3.8, 4) is 0 Å². The van der Waals surface area contributed by atoms with Gasteiger partial charge < -0.3 is 9.15 Å². The molecule has 0 saturated carbocycles. The highest BCUT2D eigenvalue weighted by Gasteiger charge is 2.45. The number of benzene rings is 1. The number of nitrogens with zero attached hydrogens (tertiary/aromatic N) is 2. The van der Waals surface area contributed by atoms with Crippen LogP contribution in [0.3, 0.4) is 0 Å². The van der Waals surface area contributed by atoms with E-state index in [1.807, 2.05) is 28.8 Å². The zero-order valence-corrected chi connectivity index (χ0v) is 12.9. The van der Waals surface area contributed by atoms with Gasteiger partial charge in [0.15, 0.2) is 5.92 Å². The molecule has 7 heteroatoms. The van der Waals surface area contributed by atoms with E-state index in [2.05, 4.69) is 10.3 Å². The van der Waals surface area contributed by atoms with E-state index in [0.29, 0.717) is 11.7 Å². The monoisotopic (exact) mass is 325 g/mol. The molecular weight excluding hydrogens is 310 g/mol. The number of amides is 1. The summed E-state index contributed by atoms with van der Waals surface area (Å²) in [6.45, 7) is 1.91. The van der Waals surface area contributed by atoms with E-state index in [1.165, 1.54) is 6.26 Å². The molecule has 1 amide bonds. The van der Waals surface area contributed by atoms with Crippen LogP contribution in [0.15, 0.2) is 47.1 Å². The molecule has 0 aliphatic carbocycles. The van der Waals surface area contributed by atoms with Crippen molar-refractivity contribution in [2.75, 3.05) is 11.9 Å². The number of imidazole rings is 1. The zero-order chi connectivity index (χ0) is 16.7. The Morgan fingerprint density at radius 3 is 2.92 bits per heavy atom. The van der Waals surface area contributed by atoms with E-state index < -0.39 is 23.8 Å². The van der Waals surface area contributed by atoms with Crippen LogP contribution in [0.2, 0.25) is 0 Å². The lowest BCUT2D eigenvalue weighted by molar-refractivity contribution is -0.152. The SMILES string of the molecule is CCOC(=O)[C@H]1C(=O)Nc2nc3ccccc3n2[C@@H]1c1ccco1. The molecule has 3 heterocycles. The third-order valence-electron chi connectivity index (χ3n) is 4.08. The summed E-state index contributed by atoms with van der Waals surface area (Å²) in [7, 11) is 0. The Balaban J connectivity index is 1.95. The second-order valence-electron chi connectivity index (χ2n) is 5.47. The largest absolute Gasteiger partial charge is 0.467 e. The van der Waals surface area contributed by atoms with Gasteiger partial charge >= 0.3 is 5.97 Å². The van der Waals surface area contributed by atoms with Crippen LogP contribution in [-0.2, 0) is 14.3 Å². The van der Waals surface area contributed by atoms with Gasteiger partial charge in [-0.15, -0.1) is 0 Å². The van der Waals surface area contributed by atoms with Crippen molar-refractivity contribution in [3.05, 3.63) is 48.4 Å². The van der Waals surface area contributed by atoms with Gasteiger partial charge in [0.1, 0.15) is 11.8 Å². The van der Waals surface area contributed by atoms with Gasteiger partial charge in [-0.1, -0.05) is 12.1 Å². The Hall–Kier alpha value is -3.09. The topological polar surface area (TPSA) is 86.4 Å². The van der Waals surface area contributed by atoms with Crippen LogP contribution in [-0.4, -0.2) is 28.0 Å². The van der Waals surface area contributed by atoms with E-state index in [4.69, 9.17) is 9.15 Å². The maximum absolute atomic E-state index is 12.5. The maximum Gasteiger partial charge on any atom is 0.321 e. The van der Waals surface area contributed by atoms with E-state index in [1.54, 1.807) is 19.1 Å². The van der Waals surface area contributed by atoms with Crippen molar-refractivity contribution in [1.82, 2.24) is 9.55 Å². The molecule has 122 valence electrons. The first-order valence-electron chi connectivity index (χ1n) is 7.68. The molecule has 0 radical (unpaired) electrons. The standard InChI is InChI=1S/C17H15N3O4/c1-2-23-16(22)13-14(12-8-5-9-24-12)20-11-7-4-3-6-10(11)18-17(20)19-15(13)21/h3-9,13-14H,2H2,1H3,(H,18,19,21)/t13-,14-/m1/s1. The van der Waals surface area contributed by atoms with Gasteiger partial charge in [0.25, 0.3) is 0 Å².